The van der Waals surface area contributed by atoms with Crippen molar-refractivity contribution in [3.8, 4) is 5.75 Å². The molecule has 0 aromatic heterocycles. The van der Waals surface area contributed by atoms with E-state index in [4.69, 9.17) is 4.74 Å². The fourth-order valence-electron chi connectivity index (χ4n) is 1.24. The number of carbonyl (C=O) groups excluding carboxylic acids is 2. The number of hydrogen-bond donors (Lipinski definition) is 0. The summed E-state index contributed by atoms with van der Waals surface area (Å²) >= 11 is 0. The van der Waals surface area contributed by atoms with Crippen LogP contribution < -0.4 is 4.74 Å². The van der Waals surface area contributed by atoms with E-state index in [-0.39, 0.29) is 30.3 Å². The van der Waals surface area contributed by atoms with E-state index in [9.17, 15) is 14.0 Å². The van der Waals surface area contributed by atoms with Gasteiger partial charge in [0.25, 0.3) is 0 Å². The van der Waals surface area contributed by atoms with Crippen molar-refractivity contribution >= 4 is 12.3 Å². The van der Waals surface area contributed by atoms with Gasteiger partial charge in [0.2, 0.25) is 0 Å². The zero-order valence-electron chi connectivity index (χ0n) is 9.44. The van der Waals surface area contributed by atoms with Crippen LogP contribution in [0, 0.1) is 5.82 Å². The summed E-state index contributed by atoms with van der Waals surface area (Å²) in [7, 11) is 1.31. The van der Waals surface area contributed by atoms with Crippen molar-refractivity contribution < 1.29 is 23.5 Å². The SMILES string of the molecule is COC(=O)CCCOc1cc(F)cc(C=O)c1. The molecule has 5 heteroatoms. The molecular weight excluding hydrogens is 227 g/mol. The molecule has 0 aliphatic heterocycles. The molecule has 0 amide bonds. The number of rotatable bonds is 6. The highest BCUT2D eigenvalue weighted by atomic mass is 19.1. The van der Waals surface area contributed by atoms with Gasteiger partial charge in [0, 0.05) is 18.1 Å². The highest BCUT2D eigenvalue weighted by Crippen LogP contribution is 2.15. The summed E-state index contributed by atoms with van der Waals surface area (Å²) in [6.07, 6.45) is 1.26. The quantitative estimate of drug-likeness (QED) is 0.433. The predicted molar refractivity (Wildman–Crippen MR) is 58.5 cm³/mol. The average molecular weight is 240 g/mol. The molecule has 0 bridgehead atoms. The van der Waals surface area contributed by atoms with Crippen molar-refractivity contribution in [2.45, 2.75) is 12.8 Å². The first-order valence-electron chi connectivity index (χ1n) is 5.11. The molecule has 1 aromatic rings. The highest BCUT2D eigenvalue weighted by molar-refractivity contribution is 5.75. The van der Waals surface area contributed by atoms with Crippen molar-refractivity contribution in [1.29, 1.82) is 0 Å². The summed E-state index contributed by atoms with van der Waals surface area (Å²) in [5, 5.41) is 0. The van der Waals surface area contributed by atoms with Gasteiger partial charge in [0.05, 0.1) is 13.7 Å². The number of ether oxygens (including phenoxy) is 2. The largest absolute Gasteiger partial charge is 0.493 e. The van der Waals surface area contributed by atoms with Crippen molar-refractivity contribution in [1.82, 2.24) is 0 Å². The lowest BCUT2D eigenvalue weighted by molar-refractivity contribution is -0.140. The predicted octanol–water partition coefficient (Wildman–Crippen LogP) is 1.97. The smallest absolute Gasteiger partial charge is 0.305 e. The summed E-state index contributed by atoms with van der Waals surface area (Å²) < 4.78 is 22.7. The molecule has 0 radical (unpaired) electrons. The Balaban J connectivity index is 2.43. The van der Waals surface area contributed by atoms with Crippen LogP contribution in [0.3, 0.4) is 0 Å². The van der Waals surface area contributed by atoms with Crippen LogP contribution >= 0.6 is 0 Å². The molecule has 92 valence electrons. The standard InChI is InChI=1S/C12H13FO4/c1-16-12(15)3-2-4-17-11-6-9(8-14)5-10(13)7-11/h5-8H,2-4H2,1H3. The number of hydrogen-bond acceptors (Lipinski definition) is 4. The van der Waals surface area contributed by atoms with Crippen molar-refractivity contribution in [3.05, 3.63) is 29.6 Å². The van der Waals surface area contributed by atoms with Crippen molar-refractivity contribution in [3.63, 3.8) is 0 Å². The van der Waals surface area contributed by atoms with Crippen LogP contribution in [-0.2, 0) is 9.53 Å². The summed E-state index contributed by atoms with van der Waals surface area (Å²) in [4.78, 5) is 21.3. The van der Waals surface area contributed by atoms with Crippen molar-refractivity contribution in [2.75, 3.05) is 13.7 Å². The Kier molecular flexibility index (Phi) is 5.13. The first-order chi connectivity index (χ1) is 8.15. The monoisotopic (exact) mass is 240 g/mol. The average Bonchev–Trinajstić information content (AvgIpc) is 2.33. The van der Waals surface area contributed by atoms with E-state index in [0.29, 0.717) is 12.7 Å². The normalized spacial score (nSPS) is 9.76. The number of esters is 1. The molecule has 0 fully saturated rings. The number of carbonyl (C=O) groups is 2. The van der Waals surface area contributed by atoms with Gasteiger partial charge in [-0.1, -0.05) is 0 Å². The first kappa shape index (κ1) is 13.2. The fourth-order valence-corrected chi connectivity index (χ4v) is 1.24. The Hall–Kier alpha value is -1.91. The van der Waals surface area contributed by atoms with Gasteiger partial charge in [0.1, 0.15) is 17.9 Å². The van der Waals surface area contributed by atoms with Crippen LogP contribution in [0.4, 0.5) is 4.39 Å². The van der Waals surface area contributed by atoms with Gasteiger partial charge in [-0.15, -0.1) is 0 Å². The second-order valence-corrected chi connectivity index (χ2v) is 3.37. The number of aldehydes is 1. The van der Waals surface area contributed by atoms with E-state index >= 15 is 0 Å². The maximum Gasteiger partial charge on any atom is 0.305 e. The molecule has 0 unspecified atom stereocenters. The Morgan fingerprint density at radius 1 is 1.41 bits per heavy atom. The van der Waals surface area contributed by atoms with E-state index in [1.54, 1.807) is 0 Å². The zero-order valence-corrected chi connectivity index (χ0v) is 9.44. The fraction of sp³-hybridized carbons (Fsp3) is 0.333. The van der Waals surface area contributed by atoms with E-state index < -0.39 is 5.82 Å². The summed E-state index contributed by atoms with van der Waals surface area (Å²) in [6, 6.07) is 3.74. The molecule has 0 aliphatic carbocycles. The van der Waals surface area contributed by atoms with E-state index in [2.05, 4.69) is 4.74 Å². The van der Waals surface area contributed by atoms with Gasteiger partial charge in [-0.2, -0.15) is 0 Å². The third kappa shape index (κ3) is 4.63. The molecule has 0 saturated heterocycles. The molecule has 1 aromatic carbocycles. The molecule has 0 N–H and O–H groups in total. The molecule has 17 heavy (non-hydrogen) atoms. The van der Waals surface area contributed by atoms with Crippen molar-refractivity contribution in [2.24, 2.45) is 0 Å². The molecule has 0 saturated carbocycles. The third-order valence-electron chi connectivity index (χ3n) is 2.05. The van der Waals surface area contributed by atoms with Crippen LogP contribution in [0.5, 0.6) is 5.75 Å². The maximum atomic E-state index is 13.0. The molecule has 0 aliphatic rings. The molecular formula is C12H13FO4. The van der Waals surface area contributed by atoms with Crippen LogP contribution in [0.15, 0.2) is 18.2 Å². The van der Waals surface area contributed by atoms with Crippen LogP contribution in [-0.4, -0.2) is 26.0 Å². The van der Waals surface area contributed by atoms with Gasteiger partial charge in [-0.3, -0.25) is 9.59 Å². The Labute approximate surface area is 98.3 Å². The number of halogens is 1. The third-order valence-corrected chi connectivity index (χ3v) is 2.05. The van der Waals surface area contributed by atoms with Gasteiger partial charge in [-0.25, -0.2) is 4.39 Å². The molecule has 1 rings (SSSR count). The van der Waals surface area contributed by atoms with E-state index in [0.717, 1.165) is 6.07 Å². The van der Waals surface area contributed by atoms with Crippen LogP contribution in [0.25, 0.3) is 0 Å². The minimum absolute atomic E-state index is 0.216. The van der Waals surface area contributed by atoms with Crippen LogP contribution in [0.1, 0.15) is 23.2 Å². The molecule has 4 nitrogen and oxygen atoms in total. The Morgan fingerprint density at radius 3 is 2.82 bits per heavy atom. The van der Waals surface area contributed by atoms with Gasteiger partial charge < -0.3 is 9.47 Å². The Morgan fingerprint density at radius 2 is 2.18 bits per heavy atom. The number of benzene rings is 1. The first-order valence-corrected chi connectivity index (χ1v) is 5.11. The lowest BCUT2D eigenvalue weighted by Crippen LogP contribution is -2.04. The Bertz CT molecular complexity index is 403. The van der Waals surface area contributed by atoms with Gasteiger partial charge in [-0.05, 0) is 18.6 Å². The minimum atomic E-state index is -0.530. The topological polar surface area (TPSA) is 52.6 Å². The van der Waals surface area contributed by atoms with Crippen LogP contribution in [0.2, 0.25) is 0 Å². The lowest BCUT2D eigenvalue weighted by atomic mass is 10.2. The molecule has 0 atom stereocenters. The second kappa shape index (κ2) is 6.62. The van der Waals surface area contributed by atoms with Gasteiger partial charge in [0.15, 0.2) is 0 Å². The van der Waals surface area contributed by atoms with E-state index in [1.807, 2.05) is 0 Å². The molecule has 0 spiro atoms. The lowest BCUT2D eigenvalue weighted by Gasteiger charge is -2.06. The van der Waals surface area contributed by atoms with E-state index in [1.165, 1.54) is 19.2 Å². The summed E-state index contributed by atoms with van der Waals surface area (Å²) in [5.41, 5.74) is 0.216. The second-order valence-electron chi connectivity index (χ2n) is 3.37. The minimum Gasteiger partial charge on any atom is -0.493 e. The summed E-state index contributed by atoms with van der Waals surface area (Å²) in [6.45, 7) is 0.261. The highest BCUT2D eigenvalue weighted by Gasteiger charge is 2.03. The molecule has 0 heterocycles. The van der Waals surface area contributed by atoms with Gasteiger partial charge >= 0.3 is 5.97 Å². The number of methoxy groups -OCH3 is 1. The zero-order chi connectivity index (χ0) is 12.7. The summed E-state index contributed by atoms with van der Waals surface area (Å²) in [5.74, 6) is -0.573. The maximum absolute atomic E-state index is 13.0.